The first-order chi connectivity index (χ1) is 14.7. The van der Waals surface area contributed by atoms with E-state index in [9.17, 15) is 4.79 Å². The highest BCUT2D eigenvalue weighted by molar-refractivity contribution is 6.02. The van der Waals surface area contributed by atoms with Crippen molar-refractivity contribution in [2.75, 3.05) is 32.0 Å². The van der Waals surface area contributed by atoms with Crippen molar-refractivity contribution >= 4 is 11.6 Å². The number of benzene rings is 1. The van der Waals surface area contributed by atoms with Gasteiger partial charge in [0.05, 0.1) is 6.20 Å². The smallest absolute Gasteiger partial charge is 0.277 e. The van der Waals surface area contributed by atoms with E-state index in [2.05, 4.69) is 32.9 Å². The Morgan fingerprint density at radius 2 is 2.00 bits per heavy atom. The summed E-state index contributed by atoms with van der Waals surface area (Å²) in [6.07, 6.45) is 8.82. The van der Waals surface area contributed by atoms with Crippen LogP contribution >= 0.6 is 0 Å². The Morgan fingerprint density at radius 1 is 1.20 bits per heavy atom. The van der Waals surface area contributed by atoms with Crippen molar-refractivity contribution in [2.24, 2.45) is 0 Å². The summed E-state index contributed by atoms with van der Waals surface area (Å²) in [5.41, 5.74) is 1.05. The van der Waals surface area contributed by atoms with Crippen molar-refractivity contribution in [2.45, 2.75) is 57.2 Å². The number of nitrogens with zero attached hydrogens (tertiary/aromatic N) is 4. The number of hydrogen-bond donors (Lipinski definition) is 2. The molecule has 1 amide bonds. The molecule has 2 fully saturated rings. The van der Waals surface area contributed by atoms with E-state index in [1.165, 1.54) is 19.3 Å². The van der Waals surface area contributed by atoms with Gasteiger partial charge in [0.2, 0.25) is 0 Å². The maximum absolute atomic E-state index is 12.5. The van der Waals surface area contributed by atoms with Crippen LogP contribution in [0.25, 0.3) is 0 Å². The number of anilines is 1. The Bertz CT molecular complexity index is 807. The minimum absolute atomic E-state index is 0.249. The maximum atomic E-state index is 12.5. The SMILES string of the molecule is CN1CCC(Oc2ccc(NC(=O)c3cn(CCC4CCCCN4)nn3)cc2)CC1. The Hall–Kier alpha value is -2.45. The number of hydrogen-bond acceptors (Lipinski definition) is 6. The van der Waals surface area contributed by atoms with Gasteiger partial charge < -0.3 is 20.3 Å². The second-order valence-corrected chi connectivity index (χ2v) is 8.40. The molecule has 2 aliphatic heterocycles. The van der Waals surface area contributed by atoms with E-state index in [4.69, 9.17) is 4.74 Å². The molecule has 4 rings (SSSR count). The summed E-state index contributed by atoms with van der Waals surface area (Å²) < 4.78 is 7.81. The van der Waals surface area contributed by atoms with Crippen LogP contribution < -0.4 is 15.4 Å². The van der Waals surface area contributed by atoms with Crippen LogP contribution in [-0.2, 0) is 6.54 Å². The number of piperidine rings is 2. The zero-order valence-corrected chi connectivity index (χ0v) is 17.7. The standard InChI is InChI=1S/C22H32N6O2/c1-27-13-10-20(11-14-27)30-19-7-5-18(6-8-19)24-22(29)21-16-28(26-25-21)15-9-17-4-2-3-12-23-17/h5-8,16-17,20,23H,2-4,9-15H2,1H3,(H,24,29). The van der Waals surface area contributed by atoms with Crippen molar-refractivity contribution in [3.8, 4) is 5.75 Å². The van der Waals surface area contributed by atoms with Crippen LogP contribution in [0.1, 0.15) is 49.0 Å². The highest BCUT2D eigenvalue weighted by Gasteiger charge is 2.18. The van der Waals surface area contributed by atoms with Crippen LogP contribution in [0.4, 0.5) is 5.69 Å². The topological polar surface area (TPSA) is 84.3 Å². The van der Waals surface area contributed by atoms with E-state index >= 15 is 0 Å². The molecule has 2 aliphatic rings. The van der Waals surface area contributed by atoms with Gasteiger partial charge in [0.1, 0.15) is 11.9 Å². The molecule has 1 atom stereocenters. The third-order valence-electron chi connectivity index (χ3n) is 5.97. The monoisotopic (exact) mass is 412 g/mol. The van der Waals surface area contributed by atoms with E-state index in [-0.39, 0.29) is 12.0 Å². The molecule has 0 saturated carbocycles. The first-order valence-electron chi connectivity index (χ1n) is 11.1. The van der Waals surface area contributed by atoms with Crippen molar-refractivity contribution in [3.05, 3.63) is 36.2 Å². The van der Waals surface area contributed by atoms with Crippen molar-refractivity contribution in [3.63, 3.8) is 0 Å². The highest BCUT2D eigenvalue weighted by Crippen LogP contribution is 2.21. The Morgan fingerprint density at radius 3 is 2.73 bits per heavy atom. The second-order valence-electron chi connectivity index (χ2n) is 8.40. The lowest BCUT2D eigenvalue weighted by atomic mass is 10.0. The Balaban J connectivity index is 1.25. The molecule has 1 unspecified atom stereocenters. The molecule has 0 spiro atoms. The lowest BCUT2D eigenvalue weighted by molar-refractivity contribution is 0.102. The molecule has 8 heteroatoms. The molecule has 162 valence electrons. The van der Waals surface area contributed by atoms with Gasteiger partial charge in [-0.2, -0.15) is 0 Å². The van der Waals surface area contributed by atoms with Crippen molar-refractivity contribution in [1.82, 2.24) is 25.2 Å². The van der Waals surface area contributed by atoms with Crippen LogP contribution in [0.15, 0.2) is 30.5 Å². The van der Waals surface area contributed by atoms with Gasteiger partial charge in [-0.3, -0.25) is 9.48 Å². The summed E-state index contributed by atoms with van der Waals surface area (Å²) in [7, 11) is 2.14. The zero-order chi connectivity index (χ0) is 20.8. The van der Waals surface area contributed by atoms with Gasteiger partial charge in [-0.1, -0.05) is 11.6 Å². The van der Waals surface area contributed by atoms with E-state index in [1.807, 2.05) is 24.3 Å². The van der Waals surface area contributed by atoms with E-state index < -0.39 is 0 Å². The molecule has 2 N–H and O–H groups in total. The fourth-order valence-corrected chi connectivity index (χ4v) is 4.08. The maximum Gasteiger partial charge on any atom is 0.277 e. The van der Waals surface area contributed by atoms with Crippen LogP contribution in [0.2, 0.25) is 0 Å². The highest BCUT2D eigenvalue weighted by atomic mass is 16.5. The number of likely N-dealkylation sites (tertiary alicyclic amines) is 1. The second kappa shape index (κ2) is 10.0. The average molecular weight is 413 g/mol. The van der Waals surface area contributed by atoms with Crippen LogP contribution in [0.3, 0.4) is 0 Å². The molecule has 2 saturated heterocycles. The largest absolute Gasteiger partial charge is 0.490 e. The quantitative estimate of drug-likeness (QED) is 0.727. The summed E-state index contributed by atoms with van der Waals surface area (Å²) in [4.78, 5) is 14.8. The number of carbonyl (C=O) groups is 1. The molecular formula is C22H32N6O2. The lowest BCUT2D eigenvalue weighted by Gasteiger charge is -2.29. The Labute approximate surface area is 178 Å². The molecule has 0 radical (unpaired) electrons. The molecular weight excluding hydrogens is 380 g/mol. The first kappa shape index (κ1) is 20.8. The van der Waals surface area contributed by atoms with Gasteiger partial charge in [-0.25, -0.2) is 0 Å². The van der Waals surface area contributed by atoms with Gasteiger partial charge in [-0.05, 0) is 70.0 Å². The molecule has 2 aromatic rings. The minimum Gasteiger partial charge on any atom is -0.490 e. The van der Waals surface area contributed by atoms with E-state index in [0.29, 0.717) is 11.7 Å². The zero-order valence-electron chi connectivity index (χ0n) is 17.7. The predicted molar refractivity (Wildman–Crippen MR) is 116 cm³/mol. The fourth-order valence-electron chi connectivity index (χ4n) is 4.08. The van der Waals surface area contributed by atoms with Gasteiger partial charge in [0.25, 0.3) is 5.91 Å². The van der Waals surface area contributed by atoms with Crippen LogP contribution in [0.5, 0.6) is 5.75 Å². The van der Waals surface area contributed by atoms with Crippen molar-refractivity contribution < 1.29 is 9.53 Å². The number of carbonyl (C=O) groups excluding carboxylic acids is 1. The molecule has 1 aromatic carbocycles. The van der Waals surface area contributed by atoms with E-state index in [1.54, 1.807) is 10.9 Å². The van der Waals surface area contributed by atoms with Gasteiger partial charge in [0, 0.05) is 31.4 Å². The van der Waals surface area contributed by atoms with E-state index in [0.717, 1.165) is 56.9 Å². The number of rotatable bonds is 7. The predicted octanol–water partition coefficient (Wildman–Crippen LogP) is 2.54. The molecule has 0 bridgehead atoms. The normalized spacial score (nSPS) is 20.8. The number of aromatic nitrogens is 3. The van der Waals surface area contributed by atoms with Gasteiger partial charge in [0.15, 0.2) is 5.69 Å². The summed E-state index contributed by atoms with van der Waals surface area (Å²) in [6, 6.07) is 8.07. The first-order valence-corrected chi connectivity index (χ1v) is 11.1. The fraction of sp³-hybridized carbons (Fsp3) is 0.591. The third-order valence-corrected chi connectivity index (χ3v) is 5.97. The lowest BCUT2D eigenvalue weighted by Crippen LogP contribution is -2.35. The number of ether oxygens (including phenoxy) is 1. The summed E-state index contributed by atoms with van der Waals surface area (Å²) in [6.45, 7) is 3.99. The van der Waals surface area contributed by atoms with Crippen molar-refractivity contribution in [1.29, 1.82) is 0 Å². The van der Waals surface area contributed by atoms with Gasteiger partial charge in [-0.15, -0.1) is 5.10 Å². The number of aryl methyl sites for hydroxylation is 1. The Kier molecular flexibility index (Phi) is 6.96. The van der Waals surface area contributed by atoms with Gasteiger partial charge >= 0.3 is 0 Å². The molecule has 3 heterocycles. The average Bonchev–Trinajstić information content (AvgIpc) is 3.25. The summed E-state index contributed by atoms with van der Waals surface area (Å²) in [5, 5.41) is 14.5. The molecule has 1 aromatic heterocycles. The number of nitrogens with one attached hydrogen (secondary N) is 2. The third kappa shape index (κ3) is 5.79. The minimum atomic E-state index is -0.249. The number of amides is 1. The molecule has 8 nitrogen and oxygen atoms in total. The summed E-state index contributed by atoms with van der Waals surface area (Å²) >= 11 is 0. The van der Waals surface area contributed by atoms with Crippen LogP contribution in [-0.4, -0.2) is 64.6 Å². The van der Waals surface area contributed by atoms with Crippen LogP contribution in [0, 0.1) is 0 Å². The molecule has 0 aliphatic carbocycles. The molecule has 30 heavy (non-hydrogen) atoms. The summed E-state index contributed by atoms with van der Waals surface area (Å²) in [5.74, 6) is 0.589.